The van der Waals surface area contributed by atoms with Crippen LogP contribution in [-0.4, -0.2) is 56.4 Å². The lowest BCUT2D eigenvalue weighted by Gasteiger charge is -2.05. The highest BCUT2D eigenvalue weighted by molar-refractivity contribution is 9.10. The van der Waals surface area contributed by atoms with Crippen molar-refractivity contribution >= 4 is 49.9 Å². The lowest BCUT2D eigenvalue weighted by Crippen LogP contribution is -2.13. The van der Waals surface area contributed by atoms with Crippen LogP contribution in [0.3, 0.4) is 0 Å². The number of pyridine rings is 1. The Morgan fingerprint density at radius 1 is 1.06 bits per heavy atom. The molecule has 0 aliphatic rings. The standard InChI is InChI=1S/C13H12N2O4S.C9H7BrO4/c16-13(17)12-5-7-15(10-12)20(18,19)8-2-4-11-3-1-6-14-9-11;1-4-6(8(11)12)2-5(10)3-7(4)9(13)14/h1-7,9-10H,8H2,(H,16,17);2-3H,1H3,(H,11,12)(H,13,14). The van der Waals surface area contributed by atoms with Gasteiger partial charge in [0.05, 0.1) is 22.4 Å². The zero-order valence-electron chi connectivity index (χ0n) is 17.6. The molecule has 0 unspecified atom stereocenters. The van der Waals surface area contributed by atoms with Crippen LogP contribution in [0.1, 0.15) is 42.2 Å². The average molecular weight is 551 g/mol. The monoisotopic (exact) mass is 550 g/mol. The summed E-state index contributed by atoms with van der Waals surface area (Å²) in [7, 11) is -3.60. The van der Waals surface area contributed by atoms with E-state index in [0.717, 1.165) is 15.7 Å². The first-order valence-corrected chi connectivity index (χ1v) is 11.8. The summed E-state index contributed by atoms with van der Waals surface area (Å²) in [6.07, 6.45) is 8.67. The zero-order chi connectivity index (χ0) is 25.5. The highest BCUT2D eigenvalue weighted by atomic mass is 79.9. The molecule has 3 aromatic rings. The summed E-state index contributed by atoms with van der Waals surface area (Å²) >= 11 is 3.06. The molecule has 0 amide bonds. The van der Waals surface area contributed by atoms with Gasteiger partial charge in [-0.05, 0) is 42.3 Å². The molecule has 0 spiro atoms. The van der Waals surface area contributed by atoms with Crippen molar-refractivity contribution in [2.45, 2.75) is 6.92 Å². The number of benzene rings is 1. The zero-order valence-corrected chi connectivity index (χ0v) is 20.0. The van der Waals surface area contributed by atoms with E-state index in [0.29, 0.717) is 4.47 Å². The second-order valence-electron chi connectivity index (χ2n) is 6.74. The fourth-order valence-corrected chi connectivity index (χ4v) is 4.16. The molecule has 0 aliphatic heterocycles. The lowest BCUT2D eigenvalue weighted by atomic mass is 10.0. The fraction of sp³-hybridized carbons (Fsp3) is 0.0909. The van der Waals surface area contributed by atoms with Crippen molar-refractivity contribution in [3.8, 4) is 0 Å². The van der Waals surface area contributed by atoms with Crippen molar-refractivity contribution in [3.63, 3.8) is 0 Å². The van der Waals surface area contributed by atoms with Crippen molar-refractivity contribution in [1.82, 2.24) is 8.96 Å². The molecule has 10 nitrogen and oxygen atoms in total. The third kappa shape index (κ3) is 7.12. The topological polar surface area (TPSA) is 164 Å². The summed E-state index contributed by atoms with van der Waals surface area (Å²) in [4.78, 5) is 36.1. The summed E-state index contributed by atoms with van der Waals surface area (Å²) in [6, 6.07) is 7.55. The van der Waals surface area contributed by atoms with Crippen LogP contribution in [0.2, 0.25) is 0 Å². The van der Waals surface area contributed by atoms with Crippen LogP contribution in [-0.2, 0) is 10.0 Å². The Balaban J connectivity index is 0.000000257. The van der Waals surface area contributed by atoms with Gasteiger partial charge in [0.25, 0.3) is 0 Å². The predicted molar refractivity (Wildman–Crippen MR) is 127 cm³/mol. The van der Waals surface area contributed by atoms with Gasteiger partial charge >= 0.3 is 17.9 Å². The Labute approximate surface area is 203 Å². The van der Waals surface area contributed by atoms with Crippen LogP contribution in [0.4, 0.5) is 0 Å². The second kappa shape index (κ2) is 11.4. The van der Waals surface area contributed by atoms with Crippen molar-refractivity contribution < 1.29 is 38.1 Å². The predicted octanol–water partition coefficient (Wildman–Crippen LogP) is 3.63. The number of aromatic nitrogens is 2. The van der Waals surface area contributed by atoms with Crippen LogP contribution in [0.25, 0.3) is 6.08 Å². The SMILES string of the molecule is Cc1c(C(=O)O)cc(Br)cc1C(=O)O.O=C(O)c1ccn(S(=O)(=O)CC=Cc2cccnc2)c1. The Hall–Kier alpha value is -3.77. The molecule has 0 saturated heterocycles. The van der Waals surface area contributed by atoms with Gasteiger partial charge in [0.15, 0.2) is 0 Å². The van der Waals surface area contributed by atoms with Gasteiger partial charge < -0.3 is 15.3 Å². The summed E-state index contributed by atoms with van der Waals surface area (Å²) < 4.78 is 25.3. The van der Waals surface area contributed by atoms with E-state index in [4.69, 9.17) is 15.3 Å². The number of halogens is 1. The van der Waals surface area contributed by atoms with E-state index < -0.39 is 27.9 Å². The highest BCUT2D eigenvalue weighted by Gasteiger charge is 2.16. The van der Waals surface area contributed by atoms with E-state index >= 15 is 0 Å². The minimum absolute atomic E-state index is 0.00299. The maximum atomic E-state index is 12.0. The minimum Gasteiger partial charge on any atom is -0.478 e. The minimum atomic E-state index is -3.60. The van der Waals surface area contributed by atoms with Crippen molar-refractivity contribution in [2.24, 2.45) is 0 Å². The van der Waals surface area contributed by atoms with Gasteiger partial charge in [-0.25, -0.2) is 22.8 Å². The maximum Gasteiger partial charge on any atom is 0.337 e. The molecule has 0 radical (unpaired) electrons. The molecular formula is C22H19BrN2O8S. The number of hydrogen-bond acceptors (Lipinski definition) is 6. The summed E-state index contributed by atoms with van der Waals surface area (Å²) in [6.45, 7) is 1.47. The van der Waals surface area contributed by atoms with E-state index in [1.807, 2.05) is 0 Å². The van der Waals surface area contributed by atoms with Crippen LogP contribution in [0.5, 0.6) is 0 Å². The van der Waals surface area contributed by atoms with Gasteiger partial charge in [0.2, 0.25) is 10.0 Å². The third-order valence-electron chi connectivity index (χ3n) is 4.37. The molecule has 2 aromatic heterocycles. The second-order valence-corrected chi connectivity index (χ2v) is 9.57. The quantitative estimate of drug-likeness (QED) is 0.398. The van der Waals surface area contributed by atoms with Crippen molar-refractivity contribution in [1.29, 1.82) is 0 Å². The van der Waals surface area contributed by atoms with Crippen LogP contribution in [0, 0.1) is 6.92 Å². The Bertz CT molecular complexity index is 1310. The van der Waals surface area contributed by atoms with Gasteiger partial charge in [-0.3, -0.25) is 8.96 Å². The van der Waals surface area contributed by atoms with Crippen molar-refractivity contribution in [2.75, 3.05) is 5.75 Å². The van der Waals surface area contributed by atoms with Crippen LogP contribution >= 0.6 is 15.9 Å². The summed E-state index contributed by atoms with van der Waals surface area (Å²) in [5.74, 6) is -3.65. The Kier molecular flexibility index (Phi) is 8.87. The number of carbonyl (C=O) groups is 3. The molecule has 0 atom stereocenters. The Morgan fingerprint density at radius 2 is 1.68 bits per heavy atom. The number of carboxylic acid groups (broad SMARTS) is 3. The molecule has 2 heterocycles. The van der Waals surface area contributed by atoms with Gasteiger partial charge in [-0.1, -0.05) is 34.1 Å². The van der Waals surface area contributed by atoms with E-state index in [-0.39, 0.29) is 28.0 Å². The van der Waals surface area contributed by atoms with Gasteiger partial charge in [0.1, 0.15) is 0 Å². The largest absolute Gasteiger partial charge is 0.478 e. The molecule has 0 fully saturated rings. The molecule has 178 valence electrons. The first-order valence-electron chi connectivity index (χ1n) is 9.40. The normalized spacial score (nSPS) is 11.0. The van der Waals surface area contributed by atoms with Gasteiger partial charge in [0, 0.05) is 29.3 Å². The summed E-state index contributed by atoms with van der Waals surface area (Å²) in [5.41, 5.74) is 0.980. The van der Waals surface area contributed by atoms with Gasteiger partial charge in [-0.15, -0.1) is 0 Å². The molecule has 3 N–H and O–H groups in total. The molecular weight excluding hydrogens is 532 g/mol. The number of aromatic carboxylic acids is 3. The third-order valence-corrected chi connectivity index (χ3v) is 6.31. The highest BCUT2D eigenvalue weighted by Crippen LogP contribution is 2.21. The molecule has 1 aromatic carbocycles. The smallest absolute Gasteiger partial charge is 0.337 e. The number of nitrogens with zero attached hydrogens (tertiary/aromatic N) is 2. The first-order chi connectivity index (χ1) is 15.9. The van der Waals surface area contributed by atoms with E-state index in [9.17, 15) is 22.8 Å². The molecule has 12 heteroatoms. The summed E-state index contributed by atoms with van der Waals surface area (Å²) in [5, 5.41) is 26.3. The maximum absolute atomic E-state index is 12.0. The number of hydrogen-bond donors (Lipinski definition) is 3. The van der Waals surface area contributed by atoms with E-state index in [1.165, 1.54) is 37.4 Å². The van der Waals surface area contributed by atoms with Gasteiger partial charge in [-0.2, -0.15) is 0 Å². The fourth-order valence-electron chi connectivity index (χ4n) is 2.67. The molecule has 0 saturated carbocycles. The van der Waals surface area contributed by atoms with Crippen LogP contribution < -0.4 is 0 Å². The molecule has 34 heavy (non-hydrogen) atoms. The Morgan fingerprint density at radius 3 is 2.15 bits per heavy atom. The van der Waals surface area contributed by atoms with E-state index in [2.05, 4.69) is 20.9 Å². The number of carboxylic acids is 3. The molecule has 0 bridgehead atoms. The van der Waals surface area contributed by atoms with Crippen molar-refractivity contribution in [3.05, 3.63) is 93.5 Å². The first kappa shape index (κ1) is 26.5. The molecule has 0 aliphatic carbocycles. The number of rotatable bonds is 7. The average Bonchev–Trinajstić information content (AvgIpc) is 3.28. The van der Waals surface area contributed by atoms with E-state index in [1.54, 1.807) is 30.6 Å². The molecule has 3 rings (SSSR count). The lowest BCUT2D eigenvalue weighted by molar-refractivity contribution is 0.0681. The van der Waals surface area contributed by atoms with Crippen LogP contribution in [0.15, 0.2) is 65.7 Å².